The zero-order chi connectivity index (χ0) is 12.4. The van der Waals surface area contributed by atoms with Crippen LogP contribution in [0.2, 0.25) is 0 Å². The molecule has 92 valence electrons. The lowest BCUT2D eigenvalue weighted by molar-refractivity contribution is -0.148. The summed E-state index contributed by atoms with van der Waals surface area (Å²) in [6, 6.07) is -0.957. The van der Waals surface area contributed by atoms with Crippen molar-refractivity contribution in [1.82, 2.24) is 19.7 Å². The van der Waals surface area contributed by atoms with Crippen LogP contribution < -0.4 is 0 Å². The highest BCUT2D eigenvalue weighted by Gasteiger charge is 2.38. The Morgan fingerprint density at radius 1 is 1.47 bits per heavy atom. The molecule has 0 bridgehead atoms. The molecule has 2 N–H and O–H groups in total. The molecule has 1 saturated heterocycles. The molecule has 17 heavy (non-hydrogen) atoms. The molecule has 2 atom stereocenters. The molecule has 1 amide bonds. The van der Waals surface area contributed by atoms with Crippen LogP contribution in [0.5, 0.6) is 0 Å². The second-order valence-electron chi connectivity index (χ2n) is 3.88. The number of rotatable bonds is 3. The summed E-state index contributed by atoms with van der Waals surface area (Å²) in [5.74, 6) is -1.49. The number of likely N-dealkylation sites (tertiary alicyclic amines) is 1. The fourth-order valence-electron chi connectivity index (χ4n) is 1.87. The van der Waals surface area contributed by atoms with Crippen molar-refractivity contribution in [3.05, 3.63) is 12.7 Å². The van der Waals surface area contributed by atoms with E-state index in [2.05, 4.69) is 10.1 Å². The van der Waals surface area contributed by atoms with Crippen LogP contribution in [0, 0.1) is 0 Å². The highest BCUT2D eigenvalue weighted by atomic mass is 16.4. The average Bonchev–Trinajstić information content (AvgIpc) is 2.86. The van der Waals surface area contributed by atoms with Crippen LogP contribution in [-0.2, 0) is 16.1 Å². The maximum absolute atomic E-state index is 11.8. The number of carbonyl (C=O) groups excluding carboxylic acids is 1. The molecule has 1 fully saturated rings. The molecule has 8 heteroatoms. The van der Waals surface area contributed by atoms with Gasteiger partial charge in [-0.05, 0) is 0 Å². The van der Waals surface area contributed by atoms with Crippen molar-refractivity contribution >= 4 is 11.9 Å². The van der Waals surface area contributed by atoms with Crippen LogP contribution in [0.1, 0.15) is 6.42 Å². The first-order valence-electron chi connectivity index (χ1n) is 5.10. The summed E-state index contributed by atoms with van der Waals surface area (Å²) in [4.78, 5) is 27.6. The lowest BCUT2D eigenvalue weighted by atomic mass is 10.2. The van der Waals surface area contributed by atoms with Crippen molar-refractivity contribution in [1.29, 1.82) is 0 Å². The first-order chi connectivity index (χ1) is 8.08. The van der Waals surface area contributed by atoms with E-state index in [0.717, 1.165) is 4.90 Å². The number of aliphatic carboxylic acids is 1. The smallest absolute Gasteiger partial charge is 0.326 e. The molecule has 1 aliphatic heterocycles. The quantitative estimate of drug-likeness (QED) is 0.653. The highest BCUT2D eigenvalue weighted by Crippen LogP contribution is 2.18. The zero-order valence-corrected chi connectivity index (χ0v) is 8.93. The molecule has 1 aromatic rings. The lowest BCUT2D eigenvalue weighted by Crippen LogP contribution is -2.42. The Bertz CT molecular complexity index is 419. The van der Waals surface area contributed by atoms with Gasteiger partial charge in [-0.3, -0.25) is 4.79 Å². The summed E-state index contributed by atoms with van der Waals surface area (Å²) < 4.78 is 1.31. The maximum atomic E-state index is 11.8. The largest absolute Gasteiger partial charge is 0.480 e. The Morgan fingerprint density at radius 2 is 2.24 bits per heavy atom. The van der Waals surface area contributed by atoms with E-state index in [9.17, 15) is 14.7 Å². The van der Waals surface area contributed by atoms with Gasteiger partial charge >= 0.3 is 5.97 Å². The van der Waals surface area contributed by atoms with Gasteiger partial charge < -0.3 is 15.1 Å². The van der Waals surface area contributed by atoms with Crippen molar-refractivity contribution in [3.63, 3.8) is 0 Å². The predicted octanol–water partition coefficient (Wildman–Crippen LogP) is -1.68. The topological polar surface area (TPSA) is 109 Å². The number of β-amino-alcohol motifs (C(OH)–C–C–N with tert-alkyl or cyclic N) is 1. The second kappa shape index (κ2) is 4.50. The standard InChI is InChI=1S/C9H12N4O4/c14-6-1-7(9(16)17)13(2-6)8(15)3-12-5-10-4-11-12/h4-7,14H,1-3H2,(H,16,17)/t6?,7-/m0/s1. The van der Waals surface area contributed by atoms with Crippen LogP contribution in [-0.4, -0.2) is 60.4 Å². The van der Waals surface area contributed by atoms with E-state index in [1.165, 1.54) is 17.3 Å². The highest BCUT2D eigenvalue weighted by molar-refractivity contribution is 5.84. The van der Waals surface area contributed by atoms with Gasteiger partial charge in [0.15, 0.2) is 0 Å². The summed E-state index contributed by atoms with van der Waals surface area (Å²) in [5.41, 5.74) is 0. The zero-order valence-electron chi connectivity index (χ0n) is 8.93. The minimum Gasteiger partial charge on any atom is -0.480 e. The minimum absolute atomic E-state index is 0.0461. The maximum Gasteiger partial charge on any atom is 0.326 e. The van der Waals surface area contributed by atoms with Crippen LogP contribution in [0.15, 0.2) is 12.7 Å². The summed E-state index contributed by atoms with van der Waals surface area (Å²) in [7, 11) is 0. The van der Waals surface area contributed by atoms with Gasteiger partial charge in [0.05, 0.1) is 6.10 Å². The molecule has 0 aliphatic carbocycles. The first-order valence-corrected chi connectivity index (χ1v) is 5.10. The van der Waals surface area contributed by atoms with E-state index >= 15 is 0 Å². The molecule has 2 heterocycles. The number of nitrogens with zero attached hydrogens (tertiary/aromatic N) is 4. The molecule has 1 aliphatic rings. The number of carboxylic acid groups (broad SMARTS) is 1. The van der Waals surface area contributed by atoms with E-state index in [1.54, 1.807) is 0 Å². The van der Waals surface area contributed by atoms with Crippen LogP contribution in [0.4, 0.5) is 0 Å². The molecule has 0 radical (unpaired) electrons. The third-order valence-electron chi connectivity index (χ3n) is 2.65. The van der Waals surface area contributed by atoms with E-state index in [4.69, 9.17) is 5.11 Å². The summed E-state index contributed by atoms with van der Waals surface area (Å²) >= 11 is 0. The van der Waals surface area contributed by atoms with E-state index in [1.807, 2.05) is 0 Å². The third-order valence-corrected chi connectivity index (χ3v) is 2.65. The van der Waals surface area contributed by atoms with Crippen LogP contribution in [0.3, 0.4) is 0 Å². The number of aliphatic hydroxyl groups is 1. The molecule has 0 saturated carbocycles. The number of aliphatic hydroxyl groups excluding tert-OH is 1. The summed E-state index contributed by atoms with van der Waals surface area (Å²) in [6.07, 6.45) is 1.95. The fraction of sp³-hybridized carbons (Fsp3) is 0.556. The number of carbonyl (C=O) groups is 2. The van der Waals surface area contributed by atoms with Crippen LogP contribution >= 0.6 is 0 Å². The molecule has 1 aromatic heterocycles. The Hall–Kier alpha value is -1.96. The van der Waals surface area contributed by atoms with Gasteiger partial charge in [0.25, 0.3) is 0 Å². The van der Waals surface area contributed by atoms with Crippen molar-refractivity contribution in [2.75, 3.05) is 6.54 Å². The molecule has 2 rings (SSSR count). The van der Waals surface area contributed by atoms with Gasteiger partial charge in [0.1, 0.15) is 25.2 Å². The Balaban J connectivity index is 2.05. The Morgan fingerprint density at radius 3 is 2.82 bits per heavy atom. The molecule has 8 nitrogen and oxygen atoms in total. The number of aromatic nitrogens is 3. The molecular formula is C9H12N4O4. The average molecular weight is 240 g/mol. The van der Waals surface area contributed by atoms with Gasteiger partial charge in [-0.1, -0.05) is 0 Å². The minimum atomic E-state index is -1.10. The monoisotopic (exact) mass is 240 g/mol. The summed E-state index contributed by atoms with van der Waals surface area (Å²) in [5, 5.41) is 22.1. The number of amides is 1. The van der Waals surface area contributed by atoms with Gasteiger partial charge in [-0.15, -0.1) is 0 Å². The Kier molecular flexibility index (Phi) is 3.05. The number of hydrogen-bond acceptors (Lipinski definition) is 5. The lowest BCUT2D eigenvalue weighted by Gasteiger charge is -2.20. The van der Waals surface area contributed by atoms with E-state index < -0.39 is 18.1 Å². The van der Waals surface area contributed by atoms with Gasteiger partial charge in [-0.2, -0.15) is 5.10 Å². The fourth-order valence-corrected chi connectivity index (χ4v) is 1.87. The SMILES string of the molecule is O=C(O)[C@@H]1CC(O)CN1C(=O)Cn1cncn1. The van der Waals surface area contributed by atoms with Crippen molar-refractivity contribution < 1.29 is 19.8 Å². The molecule has 1 unspecified atom stereocenters. The van der Waals surface area contributed by atoms with Crippen molar-refractivity contribution in [3.8, 4) is 0 Å². The number of hydrogen-bond donors (Lipinski definition) is 2. The summed E-state index contributed by atoms with van der Waals surface area (Å²) in [6.45, 7) is -0.0268. The normalized spacial score (nSPS) is 23.9. The van der Waals surface area contributed by atoms with Crippen molar-refractivity contribution in [2.45, 2.75) is 25.1 Å². The van der Waals surface area contributed by atoms with Gasteiger partial charge in [0, 0.05) is 13.0 Å². The van der Waals surface area contributed by atoms with E-state index in [-0.39, 0.29) is 25.4 Å². The van der Waals surface area contributed by atoms with Gasteiger partial charge in [0.2, 0.25) is 5.91 Å². The first kappa shape index (κ1) is 11.5. The van der Waals surface area contributed by atoms with E-state index in [0.29, 0.717) is 0 Å². The number of carboxylic acids is 1. The molecule has 0 aromatic carbocycles. The second-order valence-corrected chi connectivity index (χ2v) is 3.88. The molecular weight excluding hydrogens is 228 g/mol. The van der Waals surface area contributed by atoms with Gasteiger partial charge in [-0.25, -0.2) is 14.5 Å². The van der Waals surface area contributed by atoms with Crippen LogP contribution in [0.25, 0.3) is 0 Å². The third kappa shape index (κ3) is 2.41. The van der Waals surface area contributed by atoms with Crippen molar-refractivity contribution in [2.24, 2.45) is 0 Å². The predicted molar refractivity (Wildman–Crippen MR) is 53.8 cm³/mol. The molecule has 0 spiro atoms. The Labute approximate surface area is 96.5 Å².